The van der Waals surface area contributed by atoms with Crippen molar-refractivity contribution in [3.05, 3.63) is 18.0 Å². The molecule has 1 saturated heterocycles. The highest BCUT2D eigenvalue weighted by Crippen LogP contribution is 2.21. The largest absolute Gasteiger partial charge is 0.481 e. The Morgan fingerprint density at radius 3 is 2.84 bits per heavy atom. The number of likely N-dealkylation sites (N-methyl/N-ethyl adjacent to an activating group) is 1. The van der Waals surface area contributed by atoms with Crippen LogP contribution in [0.1, 0.15) is 17.4 Å². The Bertz CT molecular complexity index is 485. The van der Waals surface area contributed by atoms with Crippen molar-refractivity contribution in [3.8, 4) is 0 Å². The minimum absolute atomic E-state index is 0.148. The number of carboxylic acid groups (broad SMARTS) is 1. The molecule has 19 heavy (non-hydrogen) atoms. The quantitative estimate of drug-likeness (QED) is 0.829. The van der Waals surface area contributed by atoms with Gasteiger partial charge in [-0.2, -0.15) is 5.10 Å². The molecule has 1 N–H and O–H groups in total. The first-order chi connectivity index (χ1) is 9.06. The molecule has 0 radical (unpaired) electrons. The number of amides is 1. The number of ether oxygens (including phenoxy) is 1. The second-order valence-electron chi connectivity index (χ2n) is 4.48. The van der Waals surface area contributed by atoms with Crippen LogP contribution in [-0.4, -0.2) is 57.5 Å². The molecule has 2 rings (SSSR count). The van der Waals surface area contributed by atoms with Gasteiger partial charge in [0.25, 0.3) is 5.91 Å². The van der Waals surface area contributed by atoms with Gasteiger partial charge in [0.2, 0.25) is 0 Å². The summed E-state index contributed by atoms with van der Waals surface area (Å²) in [6, 6.07) is 1.20. The third-order valence-electron chi connectivity index (χ3n) is 3.41. The highest BCUT2D eigenvalue weighted by Gasteiger charge is 2.40. The average Bonchev–Trinajstić information content (AvgIpc) is 2.98. The van der Waals surface area contributed by atoms with E-state index in [0.29, 0.717) is 12.2 Å². The summed E-state index contributed by atoms with van der Waals surface area (Å²) in [5.41, 5.74) is 0.442. The Labute approximate surface area is 110 Å². The lowest BCUT2D eigenvalue weighted by atomic mass is 10.0. The van der Waals surface area contributed by atoms with Gasteiger partial charge in [0.1, 0.15) is 11.6 Å². The van der Waals surface area contributed by atoms with Gasteiger partial charge in [-0.3, -0.25) is 14.3 Å². The van der Waals surface area contributed by atoms with Crippen molar-refractivity contribution in [2.75, 3.05) is 19.8 Å². The molecule has 0 aromatic carbocycles. The van der Waals surface area contributed by atoms with Crippen LogP contribution in [0.25, 0.3) is 0 Å². The Morgan fingerprint density at radius 1 is 1.58 bits per heavy atom. The van der Waals surface area contributed by atoms with Crippen molar-refractivity contribution >= 4 is 11.9 Å². The summed E-state index contributed by atoms with van der Waals surface area (Å²) in [6.45, 7) is 2.66. The van der Waals surface area contributed by atoms with Gasteiger partial charge >= 0.3 is 5.97 Å². The summed E-state index contributed by atoms with van der Waals surface area (Å²) >= 11 is 0. The SMILES string of the molecule is CCN(C(=O)c1ccnn1C)C1COCC1C(=O)O. The number of aliphatic carboxylic acids is 1. The molecule has 0 spiro atoms. The number of rotatable bonds is 4. The molecule has 7 heteroatoms. The molecule has 1 aliphatic heterocycles. The van der Waals surface area contributed by atoms with Gasteiger partial charge in [0.15, 0.2) is 0 Å². The molecular formula is C12H17N3O4. The molecular weight excluding hydrogens is 250 g/mol. The van der Waals surface area contributed by atoms with Crippen LogP contribution in [-0.2, 0) is 16.6 Å². The van der Waals surface area contributed by atoms with Gasteiger partial charge in [-0.25, -0.2) is 0 Å². The van der Waals surface area contributed by atoms with Gasteiger partial charge in [0.05, 0.1) is 19.3 Å². The van der Waals surface area contributed by atoms with E-state index < -0.39 is 17.9 Å². The second-order valence-corrected chi connectivity index (χ2v) is 4.48. The Hall–Kier alpha value is -1.89. The topological polar surface area (TPSA) is 84.7 Å². The van der Waals surface area contributed by atoms with Crippen LogP contribution in [0.5, 0.6) is 0 Å². The zero-order valence-electron chi connectivity index (χ0n) is 10.9. The van der Waals surface area contributed by atoms with Crippen LogP contribution in [0.4, 0.5) is 0 Å². The molecule has 2 heterocycles. The number of aromatic nitrogens is 2. The number of carbonyl (C=O) groups is 2. The normalized spacial score (nSPS) is 22.4. The van der Waals surface area contributed by atoms with Gasteiger partial charge in [-0.15, -0.1) is 0 Å². The molecule has 7 nitrogen and oxygen atoms in total. The van der Waals surface area contributed by atoms with E-state index in [9.17, 15) is 9.59 Å². The number of hydrogen-bond donors (Lipinski definition) is 1. The van der Waals surface area contributed by atoms with Crippen LogP contribution >= 0.6 is 0 Å². The summed E-state index contributed by atoms with van der Waals surface area (Å²) in [5.74, 6) is -1.82. The van der Waals surface area contributed by atoms with Crippen molar-refractivity contribution in [1.29, 1.82) is 0 Å². The number of carbonyl (C=O) groups excluding carboxylic acids is 1. The Balaban J connectivity index is 2.23. The standard InChI is InChI=1S/C12H17N3O4/c1-3-15(10-7-19-6-8(10)12(17)18)11(16)9-4-5-13-14(9)2/h4-5,8,10H,3,6-7H2,1-2H3,(H,17,18). The molecule has 1 aliphatic rings. The van der Waals surface area contributed by atoms with Crippen molar-refractivity contribution in [1.82, 2.24) is 14.7 Å². The lowest BCUT2D eigenvalue weighted by Gasteiger charge is -2.29. The summed E-state index contributed by atoms with van der Waals surface area (Å²) in [6.07, 6.45) is 1.54. The van der Waals surface area contributed by atoms with Crippen LogP contribution in [0, 0.1) is 5.92 Å². The minimum Gasteiger partial charge on any atom is -0.481 e. The van der Waals surface area contributed by atoms with Crippen LogP contribution in [0.15, 0.2) is 12.3 Å². The van der Waals surface area contributed by atoms with E-state index in [1.165, 1.54) is 4.68 Å². The summed E-state index contributed by atoms with van der Waals surface area (Å²) in [7, 11) is 1.68. The zero-order chi connectivity index (χ0) is 14.0. The maximum absolute atomic E-state index is 12.4. The predicted octanol–water partition coefficient (Wildman–Crippen LogP) is -0.0182. The fourth-order valence-electron chi connectivity index (χ4n) is 2.35. The Morgan fingerprint density at radius 2 is 2.32 bits per heavy atom. The highest BCUT2D eigenvalue weighted by molar-refractivity contribution is 5.93. The van der Waals surface area contributed by atoms with E-state index in [1.54, 1.807) is 24.2 Å². The maximum Gasteiger partial charge on any atom is 0.311 e. The third-order valence-corrected chi connectivity index (χ3v) is 3.41. The van der Waals surface area contributed by atoms with Crippen molar-refractivity contribution < 1.29 is 19.4 Å². The maximum atomic E-state index is 12.4. The summed E-state index contributed by atoms with van der Waals surface area (Å²) in [5, 5.41) is 13.1. The monoisotopic (exact) mass is 267 g/mol. The summed E-state index contributed by atoms with van der Waals surface area (Å²) in [4.78, 5) is 25.1. The molecule has 0 saturated carbocycles. The number of hydrogen-bond acceptors (Lipinski definition) is 4. The summed E-state index contributed by atoms with van der Waals surface area (Å²) < 4.78 is 6.70. The predicted molar refractivity (Wildman–Crippen MR) is 65.7 cm³/mol. The zero-order valence-corrected chi connectivity index (χ0v) is 10.9. The third kappa shape index (κ3) is 2.46. The van der Waals surface area contributed by atoms with Gasteiger partial charge in [-0.05, 0) is 13.0 Å². The fourth-order valence-corrected chi connectivity index (χ4v) is 2.35. The fraction of sp³-hybridized carbons (Fsp3) is 0.583. The van der Waals surface area contributed by atoms with Gasteiger partial charge in [-0.1, -0.05) is 0 Å². The van der Waals surface area contributed by atoms with Gasteiger partial charge in [0, 0.05) is 19.8 Å². The molecule has 1 amide bonds. The van der Waals surface area contributed by atoms with Crippen LogP contribution in [0.3, 0.4) is 0 Å². The minimum atomic E-state index is -0.932. The highest BCUT2D eigenvalue weighted by atomic mass is 16.5. The first-order valence-electron chi connectivity index (χ1n) is 6.15. The van der Waals surface area contributed by atoms with E-state index in [2.05, 4.69) is 5.10 Å². The molecule has 0 aliphatic carbocycles. The Kier molecular flexibility index (Phi) is 3.84. The first kappa shape index (κ1) is 13.5. The van der Waals surface area contributed by atoms with Crippen molar-refractivity contribution in [3.63, 3.8) is 0 Å². The van der Waals surface area contributed by atoms with E-state index in [-0.39, 0.29) is 19.1 Å². The van der Waals surface area contributed by atoms with Crippen molar-refractivity contribution in [2.45, 2.75) is 13.0 Å². The molecule has 1 aromatic heterocycles. The lowest BCUT2D eigenvalue weighted by Crippen LogP contribution is -2.46. The van der Waals surface area contributed by atoms with Crippen molar-refractivity contribution in [2.24, 2.45) is 13.0 Å². The van der Waals surface area contributed by atoms with Crippen LogP contribution < -0.4 is 0 Å². The average molecular weight is 267 g/mol. The number of nitrogens with zero attached hydrogens (tertiary/aromatic N) is 3. The van der Waals surface area contributed by atoms with E-state index in [4.69, 9.17) is 9.84 Å². The first-order valence-corrected chi connectivity index (χ1v) is 6.15. The molecule has 1 aromatic rings. The lowest BCUT2D eigenvalue weighted by molar-refractivity contribution is -0.142. The molecule has 104 valence electrons. The van der Waals surface area contributed by atoms with Gasteiger partial charge < -0.3 is 14.7 Å². The van der Waals surface area contributed by atoms with Crippen LogP contribution in [0.2, 0.25) is 0 Å². The van der Waals surface area contributed by atoms with E-state index in [1.807, 2.05) is 6.92 Å². The number of aryl methyl sites for hydroxylation is 1. The molecule has 1 fully saturated rings. The molecule has 0 bridgehead atoms. The van der Waals surface area contributed by atoms with E-state index >= 15 is 0 Å². The molecule has 2 atom stereocenters. The second kappa shape index (κ2) is 5.40. The van der Waals surface area contributed by atoms with E-state index in [0.717, 1.165) is 0 Å². The number of carboxylic acids is 1. The molecule has 2 unspecified atom stereocenters. The smallest absolute Gasteiger partial charge is 0.311 e.